The van der Waals surface area contributed by atoms with Crippen molar-refractivity contribution in [2.45, 2.75) is 18.5 Å². The largest absolute Gasteiger partial charge is 0.508 e. The molecule has 0 fully saturated rings. The molecular weight excluding hydrogens is 457 g/mol. The predicted octanol–water partition coefficient (Wildman–Crippen LogP) is 5.91. The molecule has 0 aliphatic carbocycles. The van der Waals surface area contributed by atoms with Crippen LogP contribution in [-0.4, -0.2) is 16.7 Å². The number of phenolic OH excluding ortho intramolecular Hbond substituents is 1. The highest BCUT2D eigenvalue weighted by molar-refractivity contribution is 6.35. The van der Waals surface area contributed by atoms with Gasteiger partial charge in [0.1, 0.15) is 5.75 Å². The summed E-state index contributed by atoms with van der Waals surface area (Å²) in [6, 6.07) is 18.1. The van der Waals surface area contributed by atoms with Crippen LogP contribution < -0.4 is 10.7 Å². The lowest BCUT2D eigenvalue weighted by Gasteiger charge is -2.21. The number of phenols is 1. The van der Waals surface area contributed by atoms with Gasteiger partial charge in [-0.15, -0.1) is 0 Å². The molecule has 5 nitrogen and oxygen atoms in total. The first kappa shape index (κ1) is 21.5. The van der Waals surface area contributed by atoms with Gasteiger partial charge < -0.3 is 15.8 Å². The van der Waals surface area contributed by atoms with Crippen molar-refractivity contribution in [1.82, 2.24) is 10.7 Å². The fourth-order valence-corrected chi connectivity index (χ4v) is 4.08. The molecule has 1 aliphatic heterocycles. The molecule has 1 aliphatic rings. The third-order valence-electron chi connectivity index (χ3n) is 5.06. The molecule has 158 valence electrons. The second-order valence-electron chi connectivity index (χ2n) is 7.16. The van der Waals surface area contributed by atoms with Crippen molar-refractivity contribution < 1.29 is 9.90 Å². The molecule has 2 atom stereocenters. The summed E-state index contributed by atoms with van der Waals surface area (Å²) >= 11 is 18.5. The number of hydrogen-bond acceptors (Lipinski definition) is 4. The maximum absolute atomic E-state index is 12.9. The van der Waals surface area contributed by atoms with Crippen LogP contribution in [0.1, 0.15) is 40.0 Å². The standard InChI is InChI=1S/C23H18Cl3N3O2/c24-15-5-1-13(2-6-15)20-12-21(29-28-20)22(18-10-7-16(25)11-19(18)26)27-23(31)14-3-8-17(30)9-4-14/h1-11,20,22,28,30H,12H2,(H,27,31). The Morgan fingerprint density at radius 3 is 2.35 bits per heavy atom. The van der Waals surface area contributed by atoms with Crippen LogP contribution in [0.5, 0.6) is 5.75 Å². The summed E-state index contributed by atoms with van der Waals surface area (Å²) in [5.41, 5.74) is 6.01. The fourth-order valence-electron chi connectivity index (χ4n) is 3.43. The van der Waals surface area contributed by atoms with E-state index >= 15 is 0 Å². The third-order valence-corrected chi connectivity index (χ3v) is 5.88. The Balaban J connectivity index is 1.61. The van der Waals surface area contributed by atoms with Gasteiger partial charge in [0.2, 0.25) is 0 Å². The first-order chi connectivity index (χ1) is 14.9. The summed E-state index contributed by atoms with van der Waals surface area (Å²) in [5.74, 6) is -0.224. The summed E-state index contributed by atoms with van der Waals surface area (Å²) in [4.78, 5) is 12.9. The average Bonchev–Trinajstić information content (AvgIpc) is 3.23. The van der Waals surface area contributed by atoms with Crippen LogP contribution in [0.3, 0.4) is 0 Å². The first-order valence-electron chi connectivity index (χ1n) is 9.53. The second kappa shape index (κ2) is 9.18. The summed E-state index contributed by atoms with van der Waals surface area (Å²) in [5, 5.41) is 18.6. The molecular formula is C23H18Cl3N3O2. The number of nitrogens with one attached hydrogen (secondary N) is 2. The second-order valence-corrected chi connectivity index (χ2v) is 8.44. The quantitative estimate of drug-likeness (QED) is 0.430. The molecule has 4 rings (SSSR count). The monoisotopic (exact) mass is 473 g/mol. The minimum Gasteiger partial charge on any atom is -0.508 e. The minimum atomic E-state index is -0.559. The van der Waals surface area contributed by atoms with E-state index in [4.69, 9.17) is 34.8 Å². The Bertz CT molecular complexity index is 1130. The van der Waals surface area contributed by atoms with Crippen LogP contribution in [0.2, 0.25) is 15.1 Å². The van der Waals surface area contributed by atoms with Gasteiger partial charge in [0.15, 0.2) is 0 Å². The van der Waals surface area contributed by atoms with E-state index < -0.39 is 6.04 Å². The van der Waals surface area contributed by atoms with Crippen LogP contribution in [0, 0.1) is 0 Å². The highest BCUT2D eigenvalue weighted by Gasteiger charge is 2.30. The number of carbonyl (C=O) groups is 1. The number of carbonyl (C=O) groups excluding carboxylic acids is 1. The highest BCUT2D eigenvalue weighted by Crippen LogP contribution is 2.33. The number of nitrogens with zero attached hydrogens (tertiary/aromatic N) is 1. The van der Waals surface area contributed by atoms with Crippen LogP contribution >= 0.6 is 34.8 Å². The van der Waals surface area contributed by atoms with Gasteiger partial charge in [0.05, 0.1) is 17.8 Å². The number of hydrazone groups is 1. The topological polar surface area (TPSA) is 73.7 Å². The Hall–Kier alpha value is -2.73. The van der Waals surface area contributed by atoms with Crippen molar-refractivity contribution in [1.29, 1.82) is 0 Å². The molecule has 3 aromatic rings. The number of aromatic hydroxyl groups is 1. The van der Waals surface area contributed by atoms with E-state index in [-0.39, 0.29) is 17.7 Å². The molecule has 0 spiro atoms. The van der Waals surface area contributed by atoms with Crippen molar-refractivity contribution in [2.24, 2.45) is 5.10 Å². The lowest BCUT2D eigenvalue weighted by molar-refractivity contribution is 0.0946. The Kier molecular flexibility index (Phi) is 6.37. The number of rotatable bonds is 5. The molecule has 0 saturated carbocycles. The van der Waals surface area contributed by atoms with E-state index in [9.17, 15) is 9.90 Å². The van der Waals surface area contributed by atoms with Crippen molar-refractivity contribution in [3.05, 3.63) is 98.5 Å². The van der Waals surface area contributed by atoms with E-state index in [1.807, 2.05) is 24.3 Å². The Morgan fingerprint density at radius 1 is 1.00 bits per heavy atom. The van der Waals surface area contributed by atoms with Crippen molar-refractivity contribution >= 4 is 46.4 Å². The fraction of sp³-hybridized carbons (Fsp3) is 0.130. The van der Waals surface area contributed by atoms with Crippen LogP contribution in [-0.2, 0) is 0 Å². The molecule has 3 N–H and O–H groups in total. The zero-order chi connectivity index (χ0) is 22.0. The molecule has 3 aromatic carbocycles. The summed E-state index contributed by atoms with van der Waals surface area (Å²) in [6.45, 7) is 0. The zero-order valence-electron chi connectivity index (χ0n) is 16.1. The maximum atomic E-state index is 12.9. The summed E-state index contributed by atoms with van der Waals surface area (Å²) in [7, 11) is 0. The van der Waals surface area contributed by atoms with E-state index in [1.54, 1.807) is 30.3 Å². The lowest BCUT2D eigenvalue weighted by atomic mass is 9.95. The Morgan fingerprint density at radius 2 is 1.68 bits per heavy atom. The smallest absolute Gasteiger partial charge is 0.252 e. The molecule has 0 bridgehead atoms. The molecule has 0 aromatic heterocycles. The van der Waals surface area contributed by atoms with Gasteiger partial charge in [-0.3, -0.25) is 4.79 Å². The van der Waals surface area contributed by atoms with Gasteiger partial charge in [0.25, 0.3) is 5.91 Å². The van der Waals surface area contributed by atoms with E-state index in [1.165, 1.54) is 12.1 Å². The van der Waals surface area contributed by atoms with Gasteiger partial charge >= 0.3 is 0 Å². The molecule has 0 radical (unpaired) electrons. The lowest BCUT2D eigenvalue weighted by Crippen LogP contribution is -2.33. The van der Waals surface area contributed by atoms with Gasteiger partial charge in [-0.1, -0.05) is 53.0 Å². The highest BCUT2D eigenvalue weighted by atomic mass is 35.5. The molecule has 2 unspecified atom stereocenters. The zero-order valence-corrected chi connectivity index (χ0v) is 18.4. The predicted molar refractivity (Wildman–Crippen MR) is 124 cm³/mol. The molecule has 31 heavy (non-hydrogen) atoms. The van der Waals surface area contributed by atoms with Crippen LogP contribution in [0.25, 0.3) is 0 Å². The van der Waals surface area contributed by atoms with Crippen molar-refractivity contribution in [3.63, 3.8) is 0 Å². The normalized spacial score (nSPS) is 16.4. The molecule has 1 amide bonds. The van der Waals surface area contributed by atoms with E-state index in [0.29, 0.717) is 32.6 Å². The minimum absolute atomic E-state index is 0.0496. The summed E-state index contributed by atoms with van der Waals surface area (Å²) in [6.07, 6.45) is 0.571. The van der Waals surface area contributed by atoms with Crippen molar-refractivity contribution in [2.75, 3.05) is 0 Å². The number of benzene rings is 3. The van der Waals surface area contributed by atoms with Crippen LogP contribution in [0.15, 0.2) is 71.8 Å². The summed E-state index contributed by atoms with van der Waals surface area (Å²) < 4.78 is 0. The average molecular weight is 475 g/mol. The molecule has 0 saturated heterocycles. The number of amides is 1. The van der Waals surface area contributed by atoms with E-state index in [2.05, 4.69) is 15.8 Å². The van der Waals surface area contributed by atoms with Crippen LogP contribution in [0.4, 0.5) is 0 Å². The van der Waals surface area contributed by atoms with Gasteiger partial charge in [-0.2, -0.15) is 5.10 Å². The molecule has 1 heterocycles. The first-order valence-corrected chi connectivity index (χ1v) is 10.7. The van der Waals surface area contributed by atoms with Gasteiger partial charge in [0, 0.05) is 27.1 Å². The molecule has 8 heteroatoms. The maximum Gasteiger partial charge on any atom is 0.252 e. The van der Waals surface area contributed by atoms with Crippen molar-refractivity contribution in [3.8, 4) is 5.75 Å². The third kappa shape index (κ3) is 4.96. The SMILES string of the molecule is O=C(NC(C1=NNC(c2ccc(Cl)cc2)C1)c1ccc(Cl)cc1Cl)c1ccc(O)cc1. The Labute approximate surface area is 194 Å². The number of hydrogen-bond donors (Lipinski definition) is 3. The van der Waals surface area contributed by atoms with Gasteiger partial charge in [-0.25, -0.2) is 0 Å². The number of halogens is 3. The van der Waals surface area contributed by atoms with E-state index in [0.717, 1.165) is 11.3 Å². The van der Waals surface area contributed by atoms with Gasteiger partial charge in [-0.05, 0) is 59.7 Å².